The lowest BCUT2D eigenvalue weighted by Crippen LogP contribution is -2.48. The minimum atomic E-state index is -0.829. The number of nitriles is 1. The van der Waals surface area contributed by atoms with Crippen LogP contribution in [0.2, 0.25) is 0 Å². The van der Waals surface area contributed by atoms with E-state index in [0.29, 0.717) is 65.1 Å². The Bertz CT molecular complexity index is 1410. The van der Waals surface area contributed by atoms with Crippen molar-refractivity contribution in [2.24, 2.45) is 7.05 Å². The van der Waals surface area contributed by atoms with Crippen LogP contribution in [0.25, 0.3) is 6.08 Å². The summed E-state index contributed by atoms with van der Waals surface area (Å²) >= 11 is 6.69. The van der Waals surface area contributed by atoms with Crippen molar-refractivity contribution in [3.8, 4) is 6.07 Å². The number of amides is 1. The summed E-state index contributed by atoms with van der Waals surface area (Å²) in [6, 6.07) is 12.2. The smallest absolute Gasteiger partial charge is 0.303 e. The minimum Gasteiger partial charge on any atom is -0.481 e. The van der Waals surface area contributed by atoms with Crippen LogP contribution in [0.1, 0.15) is 42.4 Å². The van der Waals surface area contributed by atoms with E-state index in [1.165, 1.54) is 16.3 Å². The number of para-hydroxylation sites is 1. The van der Waals surface area contributed by atoms with Gasteiger partial charge in [-0.15, -0.1) is 0 Å². The number of carbonyl (C=O) groups excluding carboxylic acids is 1. The molecule has 2 aromatic rings. The van der Waals surface area contributed by atoms with Gasteiger partial charge in [-0.25, -0.2) is 0 Å². The Hall–Kier alpha value is -3.62. The number of thiocarbonyl (C=S) groups is 1. The summed E-state index contributed by atoms with van der Waals surface area (Å²) in [7, 11) is 1.67. The van der Waals surface area contributed by atoms with E-state index in [-0.39, 0.29) is 23.5 Å². The van der Waals surface area contributed by atoms with Crippen LogP contribution in [-0.4, -0.2) is 63.5 Å². The monoisotopic (exact) mass is 565 g/mol. The normalized spacial score (nSPS) is 16.7. The maximum Gasteiger partial charge on any atom is 0.303 e. The van der Waals surface area contributed by atoms with Crippen molar-refractivity contribution in [2.75, 3.05) is 42.5 Å². The molecule has 9 nitrogen and oxygen atoms in total. The Kier molecular flexibility index (Phi) is 9.09. The third kappa shape index (κ3) is 6.18. The van der Waals surface area contributed by atoms with Gasteiger partial charge in [0.15, 0.2) is 0 Å². The molecule has 0 aliphatic carbocycles. The summed E-state index contributed by atoms with van der Waals surface area (Å²) in [6.07, 6.45) is 3.76. The molecule has 2 aliphatic rings. The summed E-state index contributed by atoms with van der Waals surface area (Å²) in [5, 5.41) is 18.6. The van der Waals surface area contributed by atoms with Crippen LogP contribution >= 0.6 is 24.0 Å². The molecular formula is C28H31N5O4S2. The number of carboxylic acids is 1. The lowest BCUT2D eigenvalue weighted by atomic mass is 10.0. The largest absolute Gasteiger partial charge is 0.481 e. The summed E-state index contributed by atoms with van der Waals surface area (Å²) in [6.45, 7) is 5.04. The number of aliphatic carboxylic acids is 1. The molecule has 4 rings (SSSR count). The molecule has 0 spiro atoms. The zero-order chi connectivity index (χ0) is 28.1. The van der Waals surface area contributed by atoms with Crippen LogP contribution in [0.3, 0.4) is 0 Å². The molecule has 2 saturated heterocycles. The van der Waals surface area contributed by atoms with Crippen molar-refractivity contribution in [3.63, 3.8) is 0 Å². The number of carbonyl (C=O) groups is 2. The average Bonchev–Trinajstić information content (AvgIpc) is 3.20. The van der Waals surface area contributed by atoms with E-state index in [9.17, 15) is 19.6 Å². The fraction of sp³-hybridized carbons (Fsp3) is 0.393. The molecule has 1 amide bonds. The molecular weight excluding hydrogens is 534 g/mol. The third-order valence-electron chi connectivity index (χ3n) is 7.09. The highest BCUT2D eigenvalue weighted by atomic mass is 32.2. The Balaban J connectivity index is 1.60. The van der Waals surface area contributed by atoms with Gasteiger partial charge >= 0.3 is 5.97 Å². The molecule has 0 atom stereocenters. The molecule has 3 heterocycles. The van der Waals surface area contributed by atoms with Crippen LogP contribution in [0, 0.1) is 18.3 Å². The standard InChI is InChI=1S/C28H31N5O4S2/c1-19-21(17-23-27(37)33(28(38)39-23)12-8-4-7-11-24(34)35)25(30(2)26(36)22(19)18-29)32-15-13-31(14-16-32)20-9-5-3-6-10-20/h3,5-6,9-10,17H,4,7-8,11-16H2,1-2H3,(H,34,35)/b23-17+. The van der Waals surface area contributed by atoms with Gasteiger partial charge in [-0.1, -0.05) is 48.6 Å². The molecule has 2 fully saturated rings. The zero-order valence-corrected chi connectivity index (χ0v) is 23.7. The Morgan fingerprint density at radius 1 is 1.10 bits per heavy atom. The Morgan fingerprint density at radius 3 is 2.41 bits per heavy atom. The second-order valence-electron chi connectivity index (χ2n) is 9.56. The number of pyridine rings is 1. The van der Waals surface area contributed by atoms with E-state index < -0.39 is 5.97 Å². The maximum absolute atomic E-state index is 13.3. The van der Waals surface area contributed by atoms with E-state index in [1.54, 1.807) is 24.9 Å². The number of aromatic nitrogens is 1. The molecule has 2 aliphatic heterocycles. The van der Waals surface area contributed by atoms with E-state index in [0.717, 1.165) is 18.8 Å². The van der Waals surface area contributed by atoms with Crippen molar-refractivity contribution in [2.45, 2.75) is 32.6 Å². The van der Waals surface area contributed by atoms with Crippen LogP contribution in [0.5, 0.6) is 0 Å². The molecule has 0 radical (unpaired) electrons. The number of benzene rings is 1. The van der Waals surface area contributed by atoms with Crippen molar-refractivity contribution in [1.29, 1.82) is 5.26 Å². The highest BCUT2D eigenvalue weighted by Crippen LogP contribution is 2.36. The quantitative estimate of drug-likeness (QED) is 0.276. The second-order valence-corrected chi connectivity index (χ2v) is 11.2. The molecule has 1 aromatic heterocycles. The number of unbranched alkanes of at least 4 members (excludes halogenated alkanes) is 2. The number of anilines is 2. The van der Waals surface area contributed by atoms with Gasteiger partial charge in [0.25, 0.3) is 11.5 Å². The van der Waals surface area contributed by atoms with Crippen LogP contribution in [0.15, 0.2) is 40.0 Å². The van der Waals surface area contributed by atoms with E-state index in [2.05, 4.69) is 21.9 Å². The Morgan fingerprint density at radius 2 is 1.77 bits per heavy atom. The van der Waals surface area contributed by atoms with Gasteiger partial charge < -0.3 is 14.9 Å². The first-order valence-electron chi connectivity index (χ1n) is 12.9. The summed E-state index contributed by atoms with van der Waals surface area (Å²) in [5.74, 6) is -0.358. The SMILES string of the molecule is Cc1c(/C=C2/SC(=S)N(CCCCCC(=O)O)C2=O)c(N2CCN(c3ccccc3)CC2)n(C)c(=O)c1C#N. The molecule has 0 saturated carbocycles. The fourth-order valence-electron chi connectivity index (χ4n) is 4.96. The van der Waals surface area contributed by atoms with Crippen molar-refractivity contribution < 1.29 is 14.7 Å². The predicted octanol–water partition coefficient (Wildman–Crippen LogP) is 3.74. The average molecular weight is 566 g/mol. The fourth-order valence-corrected chi connectivity index (χ4v) is 6.25. The number of piperazine rings is 1. The molecule has 0 bridgehead atoms. The minimum absolute atomic E-state index is 0.0596. The van der Waals surface area contributed by atoms with Gasteiger partial charge in [-0.2, -0.15) is 5.26 Å². The van der Waals surface area contributed by atoms with Gasteiger partial charge in [-0.3, -0.25) is 23.9 Å². The first-order chi connectivity index (χ1) is 18.7. The highest BCUT2D eigenvalue weighted by molar-refractivity contribution is 8.26. The van der Waals surface area contributed by atoms with E-state index >= 15 is 0 Å². The van der Waals surface area contributed by atoms with Crippen molar-refractivity contribution in [3.05, 3.63) is 62.3 Å². The highest BCUT2D eigenvalue weighted by Gasteiger charge is 2.33. The van der Waals surface area contributed by atoms with Crippen molar-refractivity contribution >= 4 is 57.8 Å². The zero-order valence-electron chi connectivity index (χ0n) is 22.1. The summed E-state index contributed by atoms with van der Waals surface area (Å²) in [5.41, 5.74) is 2.06. The number of nitrogens with zero attached hydrogens (tertiary/aromatic N) is 5. The molecule has 1 aromatic carbocycles. The predicted molar refractivity (Wildman–Crippen MR) is 158 cm³/mol. The number of hydrogen-bond acceptors (Lipinski definition) is 8. The lowest BCUT2D eigenvalue weighted by Gasteiger charge is -2.38. The van der Waals surface area contributed by atoms with E-state index in [4.69, 9.17) is 17.3 Å². The third-order valence-corrected chi connectivity index (χ3v) is 8.47. The van der Waals surface area contributed by atoms with Crippen LogP contribution in [0.4, 0.5) is 11.5 Å². The first-order valence-corrected chi connectivity index (χ1v) is 14.1. The summed E-state index contributed by atoms with van der Waals surface area (Å²) < 4.78 is 1.96. The molecule has 204 valence electrons. The maximum atomic E-state index is 13.3. The molecule has 0 unspecified atom stereocenters. The lowest BCUT2D eigenvalue weighted by molar-refractivity contribution is -0.137. The molecule has 39 heavy (non-hydrogen) atoms. The molecule has 1 N–H and O–H groups in total. The van der Waals surface area contributed by atoms with Gasteiger partial charge in [0.1, 0.15) is 21.8 Å². The first kappa shape index (κ1) is 28.4. The van der Waals surface area contributed by atoms with E-state index in [1.807, 2.05) is 24.3 Å². The van der Waals surface area contributed by atoms with Gasteiger partial charge in [-0.05, 0) is 43.5 Å². The van der Waals surface area contributed by atoms with Gasteiger partial charge in [0.05, 0.1) is 4.91 Å². The number of carboxylic acid groups (broad SMARTS) is 1. The van der Waals surface area contributed by atoms with Gasteiger partial charge in [0.2, 0.25) is 0 Å². The second kappa shape index (κ2) is 12.5. The van der Waals surface area contributed by atoms with Crippen molar-refractivity contribution in [1.82, 2.24) is 9.47 Å². The number of thioether (sulfide) groups is 1. The molecule has 11 heteroatoms. The topological polar surface area (TPSA) is 110 Å². The summed E-state index contributed by atoms with van der Waals surface area (Å²) in [4.78, 5) is 43.6. The number of rotatable bonds is 9. The van der Waals surface area contributed by atoms with Crippen LogP contribution in [-0.2, 0) is 16.6 Å². The number of hydrogen-bond donors (Lipinski definition) is 1. The Labute approximate surface area is 237 Å². The van der Waals surface area contributed by atoms with Gasteiger partial charge in [0, 0.05) is 57.4 Å². The van der Waals surface area contributed by atoms with Crippen LogP contribution < -0.4 is 15.4 Å².